The van der Waals surface area contributed by atoms with Crippen molar-refractivity contribution in [3.8, 4) is 0 Å². The molecule has 0 radical (unpaired) electrons. The summed E-state index contributed by atoms with van der Waals surface area (Å²) >= 11 is 0.0469. The number of alkyl halides is 3. The summed E-state index contributed by atoms with van der Waals surface area (Å²) in [5.74, 6) is 0.440. The van der Waals surface area contributed by atoms with Crippen LogP contribution in [-0.4, -0.2) is 17.8 Å². The first kappa shape index (κ1) is 12.1. The summed E-state index contributed by atoms with van der Waals surface area (Å²) < 4.78 is 34.9. The lowest BCUT2D eigenvalue weighted by Gasteiger charge is -2.10. The number of thioether (sulfide) groups is 1. The molecule has 12 heavy (non-hydrogen) atoms. The molecule has 0 amide bonds. The molecule has 0 saturated carbocycles. The summed E-state index contributed by atoms with van der Waals surface area (Å²) in [6.07, 6.45) is 1.39. The molecule has 0 heterocycles. The predicted octanol–water partition coefficient (Wildman–Crippen LogP) is 2.61. The maximum absolute atomic E-state index is 11.6. The van der Waals surface area contributed by atoms with Crippen LogP contribution in [0.15, 0.2) is 0 Å². The molecular weight excluding hydrogens is 187 g/mol. The number of hydrogen-bond acceptors (Lipinski definition) is 2. The molecule has 0 bridgehead atoms. The molecule has 5 heteroatoms. The third kappa shape index (κ3) is 8.20. The van der Waals surface area contributed by atoms with Crippen LogP contribution in [0.25, 0.3) is 0 Å². The van der Waals surface area contributed by atoms with Gasteiger partial charge in [-0.15, -0.1) is 0 Å². The van der Waals surface area contributed by atoms with Gasteiger partial charge in [-0.3, -0.25) is 0 Å². The van der Waals surface area contributed by atoms with Crippen LogP contribution in [0.2, 0.25) is 0 Å². The minimum atomic E-state index is -4.08. The fraction of sp³-hybridized carbons (Fsp3) is 1.00. The van der Waals surface area contributed by atoms with Gasteiger partial charge in [-0.25, -0.2) is 0 Å². The van der Waals surface area contributed by atoms with Gasteiger partial charge in [0.05, 0.1) is 0 Å². The minimum Gasteiger partial charge on any atom is -0.330 e. The second-order valence-corrected chi connectivity index (χ2v) is 3.93. The van der Waals surface area contributed by atoms with Gasteiger partial charge >= 0.3 is 5.51 Å². The summed E-state index contributed by atoms with van der Waals surface area (Å²) in [4.78, 5) is 0. The van der Waals surface area contributed by atoms with E-state index in [9.17, 15) is 13.2 Å². The molecular formula is C7H14F3NS. The molecule has 0 rings (SSSR count). The number of hydrogen-bond donors (Lipinski definition) is 1. The van der Waals surface area contributed by atoms with E-state index >= 15 is 0 Å². The number of halogens is 3. The first-order chi connectivity index (χ1) is 5.45. The van der Waals surface area contributed by atoms with Crippen molar-refractivity contribution in [2.24, 2.45) is 11.7 Å². The van der Waals surface area contributed by atoms with Crippen molar-refractivity contribution >= 4 is 11.8 Å². The van der Waals surface area contributed by atoms with Crippen LogP contribution in [0.5, 0.6) is 0 Å². The maximum atomic E-state index is 11.6. The molecule has 74 valence electrons. The molecule has 0 saturated heterocycles. The Balaban J connectivity index is 3.31. The fourth-order valence-electron chi connectivity index (χ4n) is 0.805. The van der Waals surface area contributed by atoms with E-state index in [1.165, 1.54) is 0 Å². The molecule has 0 aliphatic rings. The first-order valence-corrected chi connectivity index (χ1v) is 4.85. The smallest absolute Gasteiger partial charge is 0.330 e. The minimum absolute atomic E-state index is 0.0469. The molecule has 0 spiro atoms. The van der Waals surface area contributed by atoms with Gasteiger partial charge in [0.1, 0.15) is 0 Å². The Morgan fingerprint density at radius 2 is 1.92 bits per heavy atom. The Kier molecular flexibility index (Phi) is 5.74. The van der Waals surface area contributed by atoms with Crippen LogP contribution < -0.4 is 5.73 Å². The average Bonchev–Trinajstić information content (AvgIpc) is 1.84. The quantitative estimate of drug-likeness (QED) is 0.740. The molecule has 0 fully saturated rings. The molecule has 0 aromatic rings. The van der Waals surface area contributed by atoms with Crippen molar-refractivity contribution in [1.29, 1.82) is 0 Å². The highest BCUT2D eigenvalue weighted by molar-refractivity contribution is 8.00. The molecule has 0 aromatic carbocycles. The summed E-state index contributed by atoms with van der Waals surface area (Å²) in [5.41, 5.74) is 1.18. The van der Waals surface area contributed by atoms with Crippen LogP contribution in [0.4, 0.5) is 13.2 Å². The molecule has 1 atom stereocenters. The topological polar surface area (TPSA) is 26.0 Å². The molecule has 0 aliphatic carbocycles. The van der Waals surface area contributed by atoms with Crippen LogP contribution in [0.3, 0.4) is 0 Å². The van der Waals surface area contributed by atoms with Gasteiger partial charge in [-0.1, -0.05) is 18.7 Å². The van der Waals surface area contributed by atoms with Gasteiger partial charge in [-0.05, 0) is 25.3 Å². The van der Waals surface area contributed by atoms with Crippen LogP contribution in [-0.2, 0) is 0 Å². The lowest BCUT2D eigenvalue weighted by molar-refractivity contribution is -0.0328. The summed E-state index contributed by atoms with van der Waals surface area (Å²) in [5, 5.41) is 0. The van der Waals surface area contributed by atoms with Gasteiger partial charge in [0.2, 0.25) is 0 Å². The van der Waals surface area contributed by atoms with Crippen molar-refractivity contribution in [3.05, 3.63) is 0 Å². The Bertz CT molecular complexity index is 116. The van der Waals surface area contributed by atoms with Crippen molar-refractivity contribution < 1.29 is 13.2 Å². The van der Waals surface area contributed by atoms with Gasteiger partial charge < -0.3 is 5.73 Å². The van der Waals surface area contributed by atoms with Crippen LogP contribution in [0, 0.1) is 5.92 Å². The Morgan fingerprint density at radius 1 is 1.33 bits per heavy atom. The van der Waals surface area contributed by atoms with E-state index in [0.717, 1.165) is 6.42 Å². The van der Waals surface area contributed by atoms with Gasteiger partial charge in [-0.2, -0.15) is 13.2 Å². The summed E-state index contributed by atoms with van der Waals surface area (Å²) in [6, 6.07) is 0. The third-order valence-corrected chi connectivity index (χ3v) is 2.30. The van der Waals surface area contributed by atoms with E-state index in [-0.39, 0.29) is 17.5 Å². The van der Waals surface area contributed by atoms with Crippen molar-refractivity contribution in [1.82, 2.24) is 0 Å². The highest BCUT2D eigenvalue weighted by Gasteiger charge is 2.27. The van der Waals surface area contributed by atoms with Crippen molar-refractivity contribution in [2.75, 3.05) is 12.3 Å². The monoisotopic (exact) mass is 201 g/mol. The molecule has 0 aromatic heterocycles. The van der Waals surface area contributed by atoms with E-state index in [4.69, 9.17) is 5.73 Å². The number of nitrogens with two attached hydrogens (primary N) is 1. The Labute approximate surface area is 74.9 Å². The maximum Gasteiger partial charge on any atom is 0.441 e. The standard InChI is InChI=1S/C7H14F3NS/c1-6(2-4-11)3-5-12-7(8,9)10/h6H,2-5,11H2,1H3. The Morgan fingerprint density at radius 3 is 2.33 bits per heavy atom. The van der Waals surface area contributed by atoms with Gasteiger partial charge in [0.15, 0.2) is 0 Å². The second kappa shape index (κ2) is 5.70. The zero-order valence-electron chi connectivity index (χ0n) is 7.03. The van der Waals surface area contributed by atoms with Gasteiger partial charge in [0, 0.05) is 5.75 Å². The van der Waals surface area contributed by atoms with E-state index in [1.807, 2.05) is 6.92 Å². The Hall–Kier alpha value is 0.100. The van der Waals surface area contributed by atoms with E-state index in [2.05, 4.69) is 0 Å². The fourth-order valence-corrected chi connectivity index (χ4v) is 1.56. The molecule has 0 aliphatic heterocycles. The normalized spacial score (nSPS) is 14.8. The average molecular weight is 201 g/mol. The highest BCUT2D eigenvalue weighted by atomic mass is 32.2. The van der Waals surface area contributed by atoms with E-state index in [1.54, 1.807) is 0 Å². The van der Waals surface area contributed by atoms with E-state index < -0.39 is 5.51 Å². The van der Waals surface area contributed by atoms with Crippen molar-refractivity contribution in [2.45, 2.75) is 25.3 Å². The third-order valence-electron chi connectivity index (χ3n) is 1.54. The van der Waals surface area contributed by atoms with Crippen molar-refractivity contribution in [3.63, 3.8) is 0 Å². The summed E-state index contributed by atoms with van der Waals surface area (Å²) in [6.45, 7) is 2.47. The first-order valence-electron chi connectivity index (χ1n) is 3.86. The molecule has 1 nitrogen and oxygen atoms in total. The van der Waals surface area contributed by atoms with Gasteiger partial charge in [0.25, 0.3) is 0 Å². The zero-order valence-corrected chi connectivity index (χ0v) is 7.84. The van der Waals surface area contributed by atoms with Crippen LogP contribution >= 0.6 is 11.8 Å². The number of rotatable bonds is 5. The predicted molar refractivity (Wildman–Crippen MR) is 46.0 cm³/mol. The largest absolute Gasteiger partial charge is 0.441 e. The lowest BCUT2D eigenvalue weighted by atomic mass is 10.1. The molecule has 1 unspecified atom stereocenters. The summed E-state index contributed by atoms with van der Waals surface area (Å²) in [7, 11) is 0. The zero-order chi connectivity index (χ0) is 9.61. The van der Waals surface area contributed by atoms with Crippen LogP contribution in [0.1, 0.15) is 19.8 Å². The van der Waals surface area contributed by atoms with E-state index in [0.29, 0.717) is 18.9 Å². The SMILES string of the molecule is CC(CCN)CCSC(F)(F)F. The second-order valence-electron chi connectivity index (χ2n) is 2.77. The molecule has 2 N–H and O–H groups in total. The lowest BCUT2D eigenvalue weighted by Crippen LogP contribution is -2.08. The highest BCUT2D eigenvalue weighted by Crippen LogP contribution is 2.31.